The topological polar surface area (TPSA) is 183 Å². The Labute approximate surface area is 338 Å². The zero-order chi connectivity index (χ0) is 42.0. The number of aromatic hydroxyl groups is 4. The van der Waals surface area contributed by atoms with Crippen molar-refractivity contribution in [3.05, 3.63) is 129 Å². The summed E-state index contributed by atoms with van der Waals surface area (Å²) >= 11 is 0. The molecule has 0 unspecified atom stereocenters. The summed E-state index contributed by atoms with van der Waals surface area (Å²) in [5.74, 6) is -3.20. The Balaban J connectivity index is 1.58. The summed E-state index contributed by atoms with van der Waals surface area (Å²) < 4.78 is 0. The number of carbonyl (C=O) groups is 1. The number of aryl methyl sites for hydroxylation is 2. The van der Waals surface area contributed by atoms with E-state index < -0.39 is 29.4 Å². The van der Waals surface area contributed by atoms with Crippen molar-refractivity contribution in [3.63, 3.8) is 0 Å². The first-order chi connectivity index (χ1) is 27.7. The lowest BCUT2D eigenvalue weighted by Crippen LogP contribution is -2.31. The van der Waals surface area contributed by atoms with Crippen LogP contribution in [0.4, 0.5) is 0 Å². The second-order valence-corrected chi connectivity index (χ2v) is 15.7. The largest absolute Gasteiger partial charge is 0.507 e. The molecular weight excluding hydrogens is 733 g/mol. The summed E-state index contributed by atoms with van der Waals surface area (Å²) in [5, 5.41) is 83.4. The van der Waals surface area contributed by atoms with Crippen LogP contribution in [0.3, 0.4) is 0 Å². The van der Waals surface area contributed by atoms with E-state index in [9.17, 15) is 40.5 Å². The van der Waals surface area contributed by atoms with E-state index in [2.05, 4.69) is 10.3 Å². The predicted molar refractivity (Wildman–Crippen MR) is 230 cm³/mol. The fraction of sp³-hybridized carbons (Fsp3) is 0.292. The molecule has 58 heavy (non-hydrogen) atoms. The number of benzene rings is 5. The van der Waals surface area contributed by atoms with Crippen molar-refractivity contribution in [2.24, 2.45) is 10.9 Å². The Hall–Kier alpha value is -6.10. The highest BCUT2D eigenvalue weighted by atomic mass is 16.3. The Morgan fingerprint density at radius 3 is 1.84 bits per heavy atom. The zero-order valence-electron chi connectivity index (χ0n) is 33.7. The lowest BCUT2D eigenvalue weighted by Gasteiger charge is -2.28. The number of carbonyl (C=O) groups excluding carboxylic acids is 1. The number of nitrogens with zero attached hydrogens (tertiary/aromatic N) is 1. The lowest BCUT2D eigenvalue weighted by atomic mass is 9.77. The van der Waals surface area contributed by atoms with Gasteiger partial charge in [-0.25, -0.2) is 0 Å². The maximum absolute atomic E-state index is 14.0. The van der Waals surface area contributed by atoms with Gasteiger partial charge in [-0.1, -0.05) is 100 Å². The van der Waals surface area contributed by atoms with Crippen LogP contribution in [0, 0.1) is 19.8 Å². The van der Waals surface area contributed by atoms with E-state index in [1.54, 1.807) is 26.0 Å². The molecule has 10 nitrogen and oxygen atoms in total. The first-order valence-corrected chi connectivity index (χ1v) is 19.6. The molecule has 0 saturated heterocycles. The fourth-order valence-electron chi connectivity index (χ4n) is 8.13. The van der Waals surface area contributed by atoms with E-state index in [1.807, 2.05) is 88.4 Å². The van der Waals surface area contributed by atoms with Gasteiger partial charge < -0.3 is 41.1 Å². The highest BCUT2D eigenvalue weighted by Crippen LogP contribution is 2.54. The van der Waals surface area contributed by atoms with Crippen LogP contribution >= 0.6 is 0 Å². The minimum atomic E-state index is -0.709. The van der Waals surface area contributed by atoms with Crippen molar-refractivity contribution in [2.45, 2.75) is 72.4 Å². The molecule has 0 saturated carbocycles. The summed E-state index contributed by atoms with van der Waals surface area (Å²) in [6, 6.07) is 21.5. The van der Waals surface area contributed by atoms with Crippen LogP contribution in [0.5, 0.6) is 23.0 Å². The number of aliphatic hydroxyl groups is 3. The molecule has 6 rings (SSSR count). The van der Waals surface area contributed by atoms with Gasteiger partial charge in [0, 0.05) is 51.2 Å². The maximum atomic E-state index is 14.0. The molecule has 10 heteroatoms. The van der Waals surface area contributed by atoms with Gasteiger partial charge >= 0.3 is 0 Å². The van der Waals surface area contributed by atoms with Crippen molar-refractivity contribution in [2.75, 3.05) is 13.2 Å². The molecule has 8 N–H and O–H groups in total. The van der Waals surface area contributed by atoms with Gasteiger partial charge in [-0.3, -0.25) is 9.79 Å². The van der Waals surface area contributed by atoms with Gasteiger partial charge in [-0.2, -0.15) is 0 Å². The van der Waals surface area contributed by atoms with Crippen LogP contribution in [0.1, 0.15) is 78.1 Å². The van der Waals surface area contributed by atoms with Crippen molar-refractivity contribution < 1.29 is 40.5 Å². The van der Waals surface area contributed by atoms with Crippen molar-refractivity contribution in [3.8, 4) is 34.1 Å². The Kier molecular flexibility index (Phi) is 12.3. The van der Waals surface area contributed by atoms with E-state index in [-0.39, 0.29) is 75.5 Å². The van der Waals surface area contributed by atoms with Crippen molar-refractivity contribution in [1.82, 2.24) is 5.32 Å². The standard InChI is InChI=1S/C48H52N2O8/c1-25(2)37-33-17-27(5)39(45(55)41(33)35(43(53)47(37)57)21-49-31(23-51)19-29-13-9-7-10-14-29)40-28(6)18-34-38(26(3)4)48(58)44(54)36(42(34)46(40)56)22-50-32(24-52)20-30-15-11-8-12-16-30/h7-18,21-22,25-26,31-32,49,51-52,54-58H,19-20,23-24H2,1-6H3/b35-21-,50-22+/t31-,32-/m0/s1. The molecule has 1 aliphatic carbocycles. The van der Waals surface area contributed by atoms with Crippen molar-refractivity contribution in [1.29, 1.82) is 0 Å². The molecule has 0 spiro atoms. The second-order valence-electron chi connectivity index (χ2n) is 15.7. The molecule has 0 aromatic heterocycles. The summed E-state index contributed by atoms with van der Waals surface area (Å²) in [6.45, 7) is 10.4. The Bertz CT molecular complexity index is 2450. The molecule has 0 aliphatic heterocycles. The fourth-order valence-corrected chi connectivity index (χ4v) is 8.13. The molecular formula is C48H52N2O8. The minimum Gasteiger partial charge on any atom is -0.507 e. The number of phenolic OH excluding ortho intramolecular Hbond substituents is 4. The molecule has 1 aliphatic rings. The van der Waals surface area contributed by atoms with Gasteiger partial charge in [-0.15, -0.1) is 0 Å². The zero-order valence-corrected chi connectivity index (χ0v) is 33.7. The summed E-state index contributed by atoms with van der Waals surface area (Å²) in [7, 11) is 0. The average Bonchev–Trinajstić information content (AvgIpc) is 3.19. The third kappa shape index (κ3) is 7.77. The number of fused-ring (bicyclic) bond motifs is 2. The SMILES string of the molecule is Cc1cc2c(c(O)c1-c1c(C)cc3c(C(C)C)c(O)c(O)c(/C=N/[C@H](CO)Cc4ccccc4)c3c1O)/C(=C/N[C@H](CO)Cc1ccccc1)C(=O)C(O)=C2C(C)C. The van der Waals surface area contributed by atoms with E-state index in [0.717, 1.165) is 11.1 Å². The van der Waals surface area contributed by atoms with Crippen LogP contribution in [0.25, 0.3) is 33.0 Å². The number of rotatable bonds is 13. The maximum Gasteiger partial charge on any atom is 0.229 e. The Morgan fingerprint density at radius 1 is 0.690 bits per heavy atom. The number of Topliss-reactive ketones (excluding diaryl/α,β-unsaturated/α-hetero) is 1. The van der Waals surface area contributed by atoms with Gasteiger partial charge in [0.05, 0.1) is 30.9 Å². The number of hydrogen-bond donors (Lipinski definition) is 8. The quantitative estimate of drug-likeness (QED) is 0.0332. The van der Waals surface area contributed by atoms with Crippen LogP contribution in [0.2, 0.25) is 0 Å². The number of ketones is 1. The van der Waals surface area contributed by atoms with Gasteiger partial charge in [0.15, 0.2) is 17.3 Å². The van der Waals surface area contributed by atoms with Crippen molar-refractivity contribution >= 4 is 33.9 Å². The molecule has 0 heterocycles. The number of aliphatic imine (C=N–C) groups is 1. The number of phenols is 4. The summed E-state index contributed by atoms with van der Waals surface area (Å²) in [5.41, 5.74) is 4.79. The first-order valence-electron chi connectivity index (χ1n) is 19.6. The molecule has 0 bridgehead atoms. The predicted octanol–water partition coefficient (Wildman–Crippen LogP) is 8.13. The molecule has 0 amide bonds. The molecule has 302 valence electrons. The highest BCUT2D eigenvalue weighted by Gasteiger charge is 2.36. The molecule has 2 atom stereocenters. The Morgan fingerprint density at radius 2 is 1.28 bits per heavy atom. The van der Waals surface area contributed by atoms with Crippen LogP contribution in [-0.2, 0) is 17.6 Å². The van der Waals surface area contributed by atoms with E-state index in [4.69, 9.17) is 0 Å². The van der Waals surface area contributed by atoms with Gasteiger partial charge in [0.25, 0.3) is 0 Å². The van der Waals surface area contributed by atoms with E-state index in [0.29, 0.717) is 46.1 Å². The first kappa shape index (κ1) is 41.5. The monoisotopic (exact) mass is 784 g/mol. The highest BCUT2D eigenvalue weighted by molar-refractivity contribution is 6.33. The average molecular weight is 785 g/mol. The number of allylic oxidation sites excluding steroid dienone is 2. The normalized spacial score (nSPS) is 14.9. The molecule has 5 aromatic rings. The molecule has 0 fully saturated rings. The molecule has 0 radical (unpaired) electrons. The summed E-state index contributed by atoms with van der Waals surface area (Å²) in [4.78, 5) is 18.6. The smallest absolute Gasteiger partial charge is 0.229 e. The minimum absolute atomic E-state index is 0.0222. The van der Waals surface area contributed by atoms with Gasteiger partial charge in [0.2, 0.25) is 5.78 Å². The third-order valence-electron chi connectivity index (χ3n) is 10.9. The van der Waals surface area contributed by atoms with Crippen LogP contribution in [-0.4, -0.2) is 73.0 Å². The van der Waals surface area contributed by atoms with Crippen LogP contribution < -0.4 is 5.32 Å². The van der Waals surface area contributed by atoms with Crippen LogP contribution in [0.15, 0.2) is 89.7 Å². The third-order valence-corrected chi connectivity index (χ3v) is 10.9. The number of aliphatic hydroxyl groups excluding tert-OH is 3. The number of hydrogen-bond acceptors (Lipinski definition) is 10. The molecule has 5 aromatic carbocycles. The van der Waals surface area contributed by atoms with E-state index >= 15 is 0 Å². The van der Waals surface area contributed by atoms with E-state index in [1.165, 1.54) is 12.4 Å². The van der Waals surface area contributed by atoms with Gasteiger partial charge in [-0.05, 0) is 71.7 Å². The van der Waals surface area contributed by atoms with Gasteiger partial charge in [0.1, 0.15) is 11.5 Å². The summed E-state index contributed by atoms with van der Waals surface area (Å²) in [6.07, 6.45) is 3.61. The lowest BCUT2D eigenvalue weighted by molar-refractivity contribution is -0.112. The number of nitrogens with one attached hydrogen (secondary N) is 1. The second kappa shape index (κ2) is 17.2.